The van der Waals surface area contributed by atoms with Crippen LogP contribution in [0.5, 0.6) is 11.5 Å². The molecule has 0 aliphatic carbocycles. The largest absolute Gasteiger partial charge is 0.455 e. The van der Waals surface area contributed by atoms with Gasteiger partial charge in [0.2, 0.25) is 5.95 Å². The molecule has 5 nitrogen and oxygen atoms in total. The maximum atomic E-state index is 5.96. The third kappa shape index (κ3) is 4.23. The molecule has 0 bridgehead atoms. The summed E-state index contributed by atoms with van der Waals surface area (Å²) in [5.74, 6) is 2.86. The highest BCUT2D eigenvalue weighted by Crippen LogP contribution is 2.30. The summed E-state index contributed by atoms with van der Waals surface area (Å²) in [6.45, 7) is 2.95. The maximum absolute atomic E-state index is 5.96. The molecule has 0 fully saturated rings. The molecular weight excluding hydrogens is 300 g/mol. The minimum Gasteiger partial charge on any atom is -0.455 e. The van der Waals surface area contributed by atoms with Gasteiger partial charge >= 0.3 is 0 Å². The van der Waals surface area contributed by atoms with Crippen LogP contribution in [0.25, 0.3) is 0 Å². The van der Waals surface area contributed by atoms with Crippen molar-refractivity contribution in [3.05, 3.63) is 66.9 Å². The fourth-order valence-corrected chi connectivity index (χ4v) is 2.16. The molecule has 0 unspecified atom stereocenters. The number of nitrogens with zero attached hydrogens (tertiary/aromatic N) is 2. The van der Waals surface area contributed by atoms with Crippen molar-refractivity contribution in [1.29, 1.82) is 0 Å². The van der Waals surface area contributed by atoms with Gasteiger partial charge in [-0.2, -0.15) is 4.98 Å². The highest BCUT2D eigenvalue weighted by atomic mass is 16.5. The topological polar surface area (TPSA) is 59.1 Å². The van der Waals surface area contributed by atoms with Crippen molar-refractivity contribution in [3.8, 4) is 11.5 Å². The van der Waals surface area contributed by atoms with E-state index < -0.39 is 0 Å². The van der Waals surface area contributed by atoms with E-state index in [1.165, 1.54) is 0 Å². The average Bonchev–Trinajstić information content (AvgIpc) is 2.63. The van der Waals surface area contributed by atoms with Crippen LogP contribution in [-0.2, 0) is 0 Å². The third-order valence-electron chi connectivity index (χ3n) is 3.31. The Balaban J connectivity index is 1.78. The Hall–Kier alpha value is -3.08. The summed E-state index contributed by atoms with van der Waals surface area (Å²) in [6, 6.07) is 19.3. The molecule has 1 heterocycles. The van der Waals surface area contributed by atoms with Crippen molar-refractivity contribution in [3.63, 3.8) is 0 Å². The van der Waals surface area contributed by atoms with Crippen LogP contribution in [0.1, 0.15) is 13.3 Å². The molecule has 0 aliphatic heterocycles. The van der Waals surface area contributed by atoms with Crippen molar-refractivity contribution >= 4 is 17.5 Å². The number of anilines is 3. The molecule has 0 saturated carbocycles. The van der Waals surface area contributed by atoms with E-state index in [0.29, 0.717) is 11.8 Å². The molecule has 5 heteroatoms. The second-order valence-electron chi connectivity index (χ2n) is 5.23. The first-order chi connectivity index (χ1) is 11.8. The molecular formula is C19H20N4O. The minimum absolute atomic E-state index is 0.614. The predicted octanol–water partition coefficient (Wildman–Crippen LogP) is 4.83. The number of para-hydroxylation sites is 3. The minimum atomic E-state index is 0.614. The van der Waals surface area contributed by atoms with E-state index in [2.05, 4.69) is 27.5 Å². The molecule has 0 amide bonds. The summed E-state index contributed by atoms with van der Waals surface area (Å²) in [4.78, 5) is 8.68. The van der Waals surface area contributed by atoms with Gasteiger partial charge in [-0.3, -0.25) is 0 Å². The number of hydrogen-bond acceptors (Lipinski definition) is 5. The summed E-state index contributed by atoms with van der Waals surface area (Å²) in [5, 5.41) is 6.47. The molecule has 2 N–H and O–H groups in total. The van der Waals surface area contributed by atoms with Crippen LogP contribution in [0.15, 0.2) is 66.9 Å². The normalized spacial score (nSPS) is 10.2. The first-order valence-electron chi connectivity index (χ1n) is 8.01. The summed E-state index contributed by atoms with van der Waals surface area (Å²) in [6.07, 6.45) is 2.75. The molecule has 0 saturated heterocycles. The van der Waals surface area contributed by atoms with Crippen LogP contribution in [0.4, 0.5) is 17.5 Å². The Morgan fingerprint density at radius 1 is 0.958 bits per heavy atom. The van der Waals surface area contributed by atoms with Crippen LogP contribution >= 0.6 is 0 Å². The Morgan fingerprint density at radius 3 is 2.58 bits per heavy atom. The lowest BCUT2D eigenvalue weighted by Crippen LogP contribution is -2.05. The van der Waals surface area contributed by atoms with Gasteiger partial charge in [-0.15, -0.1) is 0 Å². The van der Waals surface area contributed by atoms with Crippen molar-refractivity contribution in [2.24, 2.45) is 0 Å². The Kier molecular flexibility index (Phi) is 5.24. The van der Waals surface area contributed by atoms with Crippen LogP contribution in [0.3, 0.4) is 0 Å². The van der Waals surface area contributed by atoms with Crippen LogP contribution in [-0.4, -0.2) is 16.5 Å². The van der Waals surface area contributed by atoms with Gasteiger partial charge in [-0.05, 0) is 36.8 Å². The Bertz CT molecular complexity index is 777. The number of aromatic nitrogens is 2. The number of hydrogen-bond donors (Lipinski definition) is 2. The summed E-state index contributed by atoms with van der Waals surface area (Å²) in [7, 11) is 0. The molecule has 3 rings (SSSR count). The fraction of sp³-hybridized carbons (Fsp3) is 0.158. The first kappa shape index (κ1) is 15.8. The molecule has 0 spiro atoms. The quantitative estimate of drug-likeness (QED) is 0.652. The average molecular weight is 320 g/mol. The van der Waals surface area contributed by atoms with E-state index in [9.17, 15) is 0 Å². The lowest BCUT2D eigenvalue weighted by atomic mass is 10.3. The summed E-state index contributed by atoms with van der Waals surface area (Å²) >= 11 is 0. The van der Waals surface area contributed by atoms with Gasteiger partial charge in [0.05, 0.1) is 5.69 Å². The Morgan fingerprint density at radius 2 is 1.75 bits per heavy atom. The second kappa shape index (κ2) is 7.97. The van der Waals surface area contributed by atoms with Crippen LogP contribution < -0.4 is 15.4 Å². The third-order valence-corrected chi connectivity index (χ3v) is 3.31. The van der Waals surface area contributed by atoms with E-state index >= 15 is 0 Å². The van der Waals surface area contributed by atoms with Gasteiger partial charge in [0, 0.05) is 12.7 Å². The Labute approximate surface area is 141 Å². The standard InChI is InChI=1S/C19H20N4O/c1-2-13-20-19-21-14-12-18(23-19)22-16-10-6-7-11-17(16)24-15-8-4-3-5-9-15/h3-12,14H,2,13H2,1H3,(H2,20,21,22,23). The smallest absolute Gasteiger partial charge is 0.224 e. The first-order valence-corrected chi connectivity index (χ1v) is 8.01. The van der Waals surface area contributed by atoms with Crippen LogP contribution in [0, 0.1) is 0 Å². The van der Waals surface area contributed by atoms with Gasteiger partial charge in [-0.25, -0.2) is 4.98 Å². The maximum Gasteiger partial charge on any atom is 0.224 e. The summed E-state index contributed by atoms with van der Waals surface area (Å²) in [5.41, 5.74) is 0.849. The molecule has 0 radical (unpaired) electrons. The van der Waals surface area contributed by atoms with Gasteiger partial charge in [0.15, 0.2) is 5.75 Å². The second-order valence-corrected chi connectivity index (χ2v) is 5.23. The predicted molar refractivity (Wildman–Crippen MR) is 97.1 cm³/mol. The van der Waals surface area contributed by atoms with Gasteiger partial charge < -0.3 is 15.4 Å². The van der Waals surface area contributed by atoms with Crippen molar-refractivity contribution in [2.45, 2.75) is 13.3 Å². The molecule has 0 aliphatic rings. The molecule has 3 aromatic rings. The van der Waals surface area contributed by atoms with E-state index in [1.807, 2.05) is 60.7 Å². The highest BCUT2D eigenvalue weighted by molar-refractivity contribution is 5.65. The monoisotopic (exact) mass is 320 g/mol. The number of nitrogens with one attached hydrogen (secondary N) is 2. The molecule has 24 heavy (non-hydrogen) atoms. The molecule has 122 valence electrons. The SMILES string of the molecule is CCCNc1nccc(Nc2ccccc2Oc2ccccc2)n1. The van der Waals surface area contributed by atoms with Crippen LogP contribution in [0.2, 0.25) is 0 Å². The molecule has 1 aromatic heterocycles. The van der Waals surface area contributed by atoms with Crippen molar-refractivity contribution in [1.82, 2.24) is 9.97 Å². The lowest BCUT2D eigenvalue weighted by molar-refractivity contribution is 0.485. The zero-order valence-corrected chi connectivity index (χ0v) is 13.6. The van der Waals surface area contributed by atoms with Gasteiger partial charge in [-0.1, -0.05) is 37.3 Å². The number of ether oxygens (including phenoxy) is 1. The van der Waals surface area contributed by atoms with E-state index in [0.717, 1.165) is 30.2 Å². The fourth-order valence-electron chi connectivity index (χ4n) is 2.16. The van der Waals surface area contributed by atoms with Crippen molar-refractivity contribution < 1.29 is 4.74 Å². The zero-order valence-electron chi connectivity index (χ0n) is 13.6. The van der Waals surface area contributed by atoms with E-state index in [1.54, 1.807) is 6.20 Å². The van der Waals surface area contributed by atoms with Gasteiger partial charge in [0.1, 0.15) is 11.6 Å². The van der Waals surface area contributed by atoms with E-state index in [4.69, 9.17) is 4.74 Å². The van der Waals surface area contributed by atoms with Gasteiger partial charge in [0.25, 0.3) is 0 Å². The van der Waals surface area contributed by atoms with E-state index in [-0.39, 0.29) is 0 Å². The summed E-state index contributed by atoms with van der Waals surface area (Å²) < 4.78 is 5.96. The molecule has 0 atom stereocenters. The molecule has 2 aromatic carbocycles. The van der Waals surface area contributed by atoms with Crippen molar-refractivity contribution in [2.75, 3.05) is 17.2 Å². The zero-order chi connectivity index (χ0) is 16.6. The highest BCUT2D eigenvalue weighted by Gasteiger charge is 2.06. The number of rotatable bonds is 7. The number of benzene rings is 2. The lowest BCUT2D eigenvalue weighted by Gasteiger charge is -2.13.